The Kier molecular flexibility index (Phi) is 11.1. The molecular formula is C14H23NO. The molecule has 0 spiro atoms. The highest BCUT2D eigenvalue weighted by Crippen LogP contribution is 2.04. The van der Waals surface area contributed by atoms with E-state index in [-0.39, 0.29) is 5.78 Å². The Balaban J connectivity index is 3.27. The van der Waals surface area contributed by atoms with E-state index in [2.05, 4.69) is 19.1 Å². The fourth-order valence-corrected chi connectivity index (χ4v) is 1.49. The minimum Gasteiger partial charge on any atom is -0.300 e. The highest BCUT2D eigenvalue weighted by molar-refractivity contribution is 5.78. The van der Waals surface area contributed by atoms with Crippen molar-refractivity contribution in [3.63, 3.8) is 0 Å². The van der Waals surface area contributed by atoms with Gasteiger partial charge in [-0.25, -0.2) is 0 Å². The quantitative estimate of drug-likeness (QED) is 0.410. The molecule has 0 bridgehead atoms. The number of allylic oxidation sites excluding steroid dienone is 2. The zero-order valence-corrected chi connectivity index (χ0v) is 10.4. The van der Waals surface area contributed by atoms with Crippen LogP contribution in [-0.4, -0.2) is 5.78 Å². The largest absolute Gasteiger partial charge is 0.300 e. The lowest BCUT2D eigenvalue weighted by Gasteiger charge is -1.95. The van der Waals surface area contributed by atoms with Crippen molar-refractivity contribution in [2.75, 3.05) is 0 Å². The third kappa shape index (κ3) is 11.0. The lowest BCUT2D eigenvalue weighted by atomic mass is 10.1. The van der Waals surface area contributed by atoms with E-state index in [9.17, 15) is 4.79 Å². The molecule has 16 heavy (non-hydrogen) atoms. The first kappa shape index (κ1) is 14.9. The fourth-order valence-electron chi connectivity index (χ4n) is 1.49. The van der Waals surface area contributed by atoms with Crippen LogP contribution < -0.4 is 0 Å². The van der Waals surface area contributed by atoms with Crippen LogP contribution in [0.4, 0.5) is 0 Å². The number of hydrogen-bond acceptors (Lipinski definition) is 2. The third-order valence-electron chi connectivity index (χ3n) is 2.50. The van der Waals surface area contributed by atoms with Crippen molar-refractivity contribution < 1.29 is 4.79 Å². The van der Waals surface area contributed by atoms with E-state index in [1.807, 2.05) is 6.07 Å². The Morgan fingerprint density at radius 2 is 1.88 bits per heavy atom. The molecule has 0 aliphatic heterocycles. The number of carbonyl (C=O) groups excluding carboxylic acids is 1. The van der Waals surface area contributed by atoms with Crippen LogP contribution in [0.3, 0.4) is 0 Å². The fraction of sp³-hybridized carbons (Fsp3) is 0.714. The molecule has 0 amide bonds. The van der Waals surface area contributed by atoms with Crippen LogP contribution in [0.25, 0.3) is 0 Å². The molecular weight excluding hydrogens is 198 g/mol. The van der Waals surface area contributed by atoms with Crippen molar-refractivity contribution in [1.82, 2.24) is 0 Å². The maximum absolute atomic E-state index is 11.2. The predicted molar refractivity (Wildman–Crippen MR) is 67.0 cm³/mol. The van der Waals surface area contributed by atoms with E-state index in [4.69, 9.17) is 5.26 Å². The van der Waals surface area contributed by atoms with Crippen LogP contribution >= 0.6 is 0 Å². The second-order valence-corrected chi connectivity index (χ2v) is 4.06. The predicted octanol–water partition coefficient (Wildman–Crippen LogP) is 4.17. The van der Waals surface area contributed by atoms with Crippen LogP contribution in [0.15, 0.2) is 12.2 Å². The highest BCUT2D eigenvalue weighted by Gasteiger charge is 1.98. The van der Waals surface area contributed by atoms with Gasteiger partial charge in [0.05, 0.1) is 6.07 Å². The first-order valence-electron chi connectivity index (χ1n) is 6.35. The molecule has 0 unspecified atom stereocenters. The summed E-state index contributed by atoms with van der Waals surface area (Å²) in [5.74, 6) is 0.206. The van der Waals surface area contributed by atoms with Gasteiger partial charge < -0.3 is 0 Å². The molecule has 0 saturated carbocycles. The summed E-state index contributed by atoms with van der Waals surface area (Å²) < 4.78 is 0. The maximum atomic E-state index is 11.2. The van der Waals surface area contributed by atoms with E-state index >= 15 is 0 Å². The van der Waals surface area contributed by atoms with Crippen molar-refractivity contribution in [3.8, 4) is 6.07 Å². The molecule has 0 aromatic rings. The molecule has 0 N–H and O–H groups in total. The van der Waals surface area contributed by atoms with E-state index < -0.39 is 0 Å². The molecule has 0 aromatic heterocycles. The van der Waals surface area contributed by atoms with Crippen molar-refractivity contribution in [1.29, 1.82) is 5.26 Å². The lowest BCUT2D eigenvalue weighted by molar-refractivity contribution is -0.118. The van der Waals surface area contributed by atoms with Crippen LogP contribution in [0.5, 0.6) is 0 Å². The topological polar surface area (TPSA) is 40.9 Å². The van der Waals surface area contributed by atoms with E-state index in [0.29, 0.717) is 19.3 Å². The molecule has 2 heteroatoms. The average Bonchev–Trinajstić information content (AvgIpc) is 2.30. The Labute approximate surface area is 99.3 Å². The smallest absolute Gasteiger partial charge is 0.134 e. The number of Topliss-reactive ketones (excluding diaryl/α,β-unsaturated/α-hetero) is 1. The van der Waals surface area contributed by atoms with Crippen LogP contribution in [0.2, 0.25) is 0 Å². The number of unbranched alkanes of at least 4 members (excludes halogenated alkanes) is 4. The SMILES string of the molecule is CCCCCC/C=C/CCC(=O)CCC#N. The van der Waals surface area contributed by atoms with Gasteiger partial charge in [0.2, 0.25) is 0 Å². The molecule has 90 valence electrons. The molecule has 0 radical (unpaired) electrons. The monoisotopic (exact) mass is 221 g/mol. The van der Waals surface area contributed by atoms with Gasteiger partial charge in [-0.05, 0) is 19.3 Å². The number of carbonyl (C=O) groups is 1. The summed E-state index contributed by atoms with van der Waals surface area (Å²) in [6, 6.07) is 1.99. The van der Waals surface area contributed by atoms with Gasteiger partial charge in [-0.1, -0.05) is 38.3 Å². The Hall–Kier alpha value is -1.10. The number of nitriles is 1. The van der Waals surface area contributed by atoms with E-state index in [1.54, 1.807) is 0 Å². The average molecular weight is 221 g/mol. The van der Waals surface area contributed by atoms with Gasteiger partial charge in [-0.3, -0.25) is 4.79 Å². The second-order valence-electron chi connectivity index (χ2n) is 4.06. The Morgan fingerprint density at radius 3 is 2.56 bits per heavy atom. The van der Waals surface area contributed by atoms with Gasteiger partial charge >= 0.3 is 0 Å². The Morgan fingerprint density at radius 1 is 1.12 bits per heavy atom. The molecule has 0 aliphatic rings. The molecule has 0 saturated heterocycles. The van der Waals surface area contributed by atoms with Gasteiger partial charge in [0.1, 0.15) is 5.78 Å². The van der Waals surface area contributed by atoms with E-state index in [1.165, 1.54) is 25.7 Å². The zero-order chi connectivity index (χ0) is 12.1. The van der Waals surface area contributed by atoms with Crippen LogP contribution in [-0.2, 0) is 4.79 Å². The second kappa shape index (κ2) is 12.0. The number of rotatable bonds is 10. The molecule has 0 heterocycles. The molecule has 2 nitrogen and oxygen atoms in total. The summed E-state index contributed by atoms with van der Waals surface area (Å²) in [5, 5.41) is 8.31. The first-order valence-corrected chi connectivity index (χ1v) is 6.35. The number of ketones is 1. The summed E-state index contributed by atoms with van der Waals surface area (Å²) in [6.07, 6.45) is 12.8. The minimum atomic E-state index is 0.206. The van der Waals surface area contributed by atoms with Crippen molar-refractivity contribution in [2.24, 2.45) is 0 Å². The molecule has 0 atom stereocenters. The summed E-state index contributed by atoms with van der Waals surface area (Å²) >= 11 is 0. The first-order chi connectivity index (χ1) is 7.81. The van der Waals surface area contributed by atoms with Crippen molar-refractivity contribution in [3.05, 3.63) is 12.2 Å². The highest BCUT2D eigenvalue weighted by atomic mass is 16.1. The summed E-state index contributed by atoms with van der Waals surface area (Å²) in [4.78, 5) is 11.2. The Bertz CT molecular complexity index is 238. The minimum absolute atomic E-state index is 0.206. The van der Waals surface area contributed by atoms with Gasteiger partial charge in [-0.2, -0.15) is 5.26 Å². The standard InChI is InChI=1S/C14H23NO/c1-2-3-4-5-6-7-8-9-11-14(16)12-10-13-15/h7-8H,2-6,9-12H2,1H3/b8-7+. The van der Waals surface area contributed by atoms with Gasteiger partial charge in [0.15, 0.2) is 0 Å². The normalized spacial score (nSPS) is 10.5. The van der Waals surface area contributed by atoms with Gasteiger partial charge in [-0.15, -0.1) is 0 Å². The van der Waals surface area contributed by atoms with Crippen molar-refractivity contribution in [2.45, 2.75) is 64.7 Å². The lowest BCUT2D eigenvalue weighted by Crippen LogP contribution is -1.95. The van der Waals surface area contributed by atoms with Gasteiger partial charge in [0, 0.05) is 19.3 Å². The molecule has 0 rings (SSSR count). The number of nitrogens with zero attached hydrogens (tertiary/aromatic N) is 1. The maximum Gasteiger partial charge on any atom is 0.134 e. The summed E-state index contributed by atoms with van der Waals surface area (Å²) in [7, 11) is 0. The van der Waals surface area contributed by atoms with Gasteiger partial charge in [0.25, 0.3) is 0 Å². The summed E-state index contributed by atoms with van der Waals surface area (Å²) in [5.41, 5.74) is 0. The number of hydrogen-bond donors (Lipinski definition) is 0. The molecule has 0 aromatic carbocycles. The molecule has 0 fully saturated rings. The van der Waals surface area contributed by atoms with Crippen LogP contribution in [0, 0.1) is 11.3 Å². The molecule has 0 aliphatic carbocycles. The van der Waals surface area contributed by atoms with Crippen molar-refractivity contribution >= 4 is 5.78 Å². The zero-order valence-electron chi connectivity index (χ0n) is 10.4. The van der Waals surface area contributed by atoms with Crippen LogP contribution in [0.1, 0.15) is 64.7 Å². The third-order valence-corrected chi connectivity index (χ3v) is 2.50. The summed E-state index contributed by atoms with van der Waals surface area (Å²) in [6.45, 7) is 2.21. The van der Waals surface area contributed by atoms with E-state index in [0.717, 1.165) is 12.8 Å².